The average Bonchev–Trinajstić information content (AvgIpc) is 2.44. The number of halogens is 1. The van der Waals surface area contributed by atoms with Gasteiger partial charge in [0.1, 0.15) is 0 Å². The molecule has 0 atom stereocenters. The lowest BCUT2D eigenvalue weighted by atomic mass is 10.1. The summed E-state index contributed by atoms with van der Waals surface area (Å²) in [6, 6.07) is 4.54. The minimum atomic E-state index is -4.16. The molecule has 1 aromatic carbocycles. The van der Waals surface area contributed by atoms with E-state index in [0.717, 1.165) is 12.1 Å². The second-order valence-corrected chi connectivity index (χ2v) is 6.40. The van der Waals surface area contributed by atoms with Crippen molar-refractivity contribution in [1.29, 1.82) is 0 Å². The van der Waals surface area contributed by atoms with E-state index >= 15 is 0 Å². The van der Waals surface area contributed by atoms with Gasteiger partial charge in [-0.3, -0.25) is 14.9 Å². The fourth-order valence-corrected chi connectivity index (χ4v) is 2.92. The maximum atomic E-state index is 12.2. The lowest BCUT2D eigenvalue weighted by molar-refractivity contribution is -0.385. The zero-order valence-corrected chi connectivity index (χ0v) is 12.8. The first-order chi connectivity index (χ1) is 10.2. The highest BCUT2D eigenvalue weighted by Gasteiger charge is 2.20. The number of non-ortho nitro benzene ring substituents is 1. The summed E-state index contributed by atoms with van der Waals surface area (Å²) in [7, 11) is -4.16. The number of ketones is 1. The van der Waals surface area contributed by atoms with E-state index in [0.29, 0.717) is 5.57 Å². The van der Waals surface area contributed by atoms with E-state index in [1.165, 1.54) is 31.2 Å². The standard InChI is InChI=1S/C13H9ClN2O5S/c1-8-5-13(17)11(14)7-12(8)15-22(20,21)10-4-2-3-9(6-10)16(18)19/h2-7H,1H3/b15-12-. The van der Waals surface area contributed by atoms with E-state index in [9.17, 15) is 23.3 Å². The summed E-state index contributed by atoms with van der Waals surface area (Å²) in [6.07, 6.45) is 2.32. The fourth-order valence-electron chi connectivity index (χ4n) is 1.68. The third kappa shape index (κ3) is 3.29. The number of hydrogen-bond donors (Lipinski definition) is 0. The van der Waals surface area contributed by atoms with Crippen molar-refractivity contribution in [2.24, 2.45) is 4.40 Å². The molecule has 0 spiro atoms. The van der Waals surface area contributed by atoms with Crippen LogP contribution in [0.3, 0.4) is 0 Å². The maximum absolute atomic E-state index is 12.2. The van der Waals surface area contributed by atoms with Gasteiger partial charge in [0.2, 0.25) is 0 Å². The second kappa shape index (κ2) is 5.82. The lowest BCUT2D eigenvalue weighted by Gasteiger charge is -2.08. The summed E-state index contributed by atoms with van der Waals surface area (Å²) in [6.45, 7) is 1.51. The molecule has 0 radical (unpaired) electrons. The first-order valence-corrected chi connectivity index (χ1v) is 7.72. The molecule has 1 aliphatic carbocycles. The Morgan fingerprint density at radius 1 is 1.27 bits per heavy atom. The minimum Gasteiger partial charge on any atom is -0.288 e. The molecule has 0 amide bonds. The van der Waals surface area contributed by atoms with Crippen LogP contribution in [0.2, 0.25) is 0 Å². The van der Waals surface area contributed by atoms with Crippen LogP contribution in [0.15, 0.2) is 56.3 Å². The van der Waals surface area contributed by atoms with Gasteiger partial charge in [-0.2, -0.15) is 12.8 Å². The highest BCUT2D eigenvalue weighted by Crippen LogP contribution is 2.22. The van der Waals surface area contributed by atoms with E-state index in [-0.39, 0.29) is 21.3 Å². The van der Waals surface area contributed by atoms with Crippen molar-refractivity contribution in [3.05, 3.63) is 57.1 Å². The normalized spacial score (nSPS) is 17.2. The van der Waals surface area contributed by atoms with Crippen LogP contribution >= 0.6 is 11.6 Å². The predicted octanol–water partition coefficient (Wildman–Crippen LogP) is 2.38. The van der Waals surface area contributed by atoms with Gasteiger partial charge in [-0.25, -0.2) is 0 Å². The maximum Gasteiger partial charge on any atom is 0.283 e. The van der Waals surface area contributed by atoms with Crippen molar-refractivity contribution >= 4 is 38.8 Å². The van der Waals surface area contributed by atoms with Crippen molar-refractivity contribution in [2.75, 3.05) is 0 Å². The molecule has 0 heterocycles. The molecule has 0 aliphatic heterocycles. The summed E-state index contributed by atoms with van der Waals surface area (Å²) in [4.78, 5) is 21.0. The minimum absolute atomic E-state index is 0.0103. The molecule has 7 nitrogen and oxygen atoms in total. The molecular formula is C13H9ClN2O5S. The fraction of sp³-hybridized carbons (Fsp3) is 0.0769. The monoisotopic (exact) mass is 340 g/mol. The number of hydrogen-bond acceptors (Lipinski definition) is 5. The Balaban J connectivity index is 2.50. The molecule has 0 aromatic heterocycles. The van der Waals surface area contributed by atoms with Crippen LogP contribution in [0, 0.1) is 10.1 Å². The van der Waals surface area contributed by atoms with E-state index < -0.39 is 20.7 Å². The summed E-state index contributed by atoms with van der Waals surface area (Å²) in [5, 5.41) is 10.5. The Kier molecular flexibility index (Phi) is 4.25. The van der Waals surface area contributed by atoms with Crippen molar-refractivity contribution in [3.8, 4) is 0 Å². The van der Waals surface area contributed by atoms with Crippen LogP contribution in [-0.2, 0) is 14.8 Å². The molecule has 9 heteroatoms. The summed E-state index contributed by atoms with van der Waals surface area (Å²) >= 11 is 5.67. The van der Waals surface area contributed by atoms with Crippen molar-refractivity contribution in [1.82, 2.24) is 0 Å². The van der Waals surface area contributed by atoms with Gasteiger partial charge >= 0.3 is 0 Å². The molecule has 22 heavy (non-hydrogen) atoms. The van der Waals surface area contributed by atoms with E-state index in [2.05, 4.69) is 4.40 Å². The predicted molar refractivity (Wildman–Crippen MR) is 80.4 cm³/mol. The molecule has 114 valence electrons. The Labute approximate surface area is 130 Å². The molecule has 0 N–H and O–H groups in total. The quantitative estimate of drug-likeness (QED) is 0.477. The Morgan fingerprint density at radius 2 is 1.95 bits per heavy atom. The Bertz CT molecular complexity index is 868. The zero-order chi connectivity index (χ0) is 16.5. The Hall–Kier alpha value is -2.32. The van der Waals surface area contributed by atoms with Crippen LogP contribution in [0.1, 0.15) is 6.92 Å². The van der Waals surface area contributed by atoms with E-state index in [1.807, 2.05) is 0 Å². The van der Waals surface area contributed by atoms with Gasteiger partial charge < -0.3 is 0 Å². The SMILES string of the molecule is CC1=CC(=O)C(Cl)=C/C1=N/S(=O)(=O)c1cccc([N+](=O)[O-])c1. The van der Waals surface area contributed by atoms with Gasteiger partial charge in [-0.15, -0.1) is 0 Å². The van der Waals surface area contributed by atoms with E-state index in [1.54, 1.807) is 0 Å². The number of nitrogens with zero attached hydrogens (tertiary/aromatic N) is 2. The molecule has 0 saturated carbocycles. The molecule has 2 rings (SSSR count). The average molecular weight is 341 g/mol. The third-order valence-corrected chi connectivity index (χ3v) is 4.38. The largest absolute Gasteiger partial charge is 0.288 e. The van der Waals surface area contributed by atoms with Crippen LogP contribution in [0.4, 0.5) is 5.69 Å². The molecule has 0 fully saturated rings. The molecule has 1 aromatic rings. The van der Waals surface area contributed by atoms with Gasteiger partial charge in [-0.1, -0.05) is 17.7 Å². The number of nitro groups is 1. The summed E-state index contributed by atoms with van der Waals surface area (Å²) in [5.41, 5.74) is -0.0135. The van der Waals surface area contributed by atoms with Crippen LogP contribution < -0.4 is 0 Å². The van der Waals surface area contributed by atoms with E-state index in [4.69, 9.17) is 11.6 Å². The second-order valence-electron chi connectivity index (χ2n) is 4.39. The highest BCUT2D eigenvalue weighted by atomic mass is 35.5. The third-order valence-electron chi connectivity index (χ3n) is 2.80. The first-order valence-electron chi connectivity index (χ1n) is 5.90. The smallest absolute Gasteiger partial charge is 0.283 e. The molecule has 1 aliphatic rings. The topological polar surface area (TPSA) is 107 Å². The van der Waals surface area contributed by atoms with Crippen LogP contribution in [-0.4, -0.2) is 24.8 Å². The summed E-state index contributed by atoms with van der Waals surface area (Å²) in [5.74, 6) is -0.439. The summed E-state index contributed by atoms with van der Waals surface area (Å²) < 4.78 is 28.0. The van der Waals surface area contributed by atoms with Gasteiger partial charge in [0, 0.05) is 12.1 Å². The molecule has 0 saturated heterocycles. The number of rotatable bonds is 3. The molecular weight excluding hydrogens is 332 g/mol. The number of allylic oxidation sites excluding steroid dienone is 4. The van der Waals surface area contributed by atoms with Crippen LogP contribution in [0.5, 0.6) is 0 Å². The van der Waals surface area contributed by atoms with Gasteiger partial charge in [0.05, 0.1) is 20.6 Å². The first kappa shape index (κ1) is 16.1. The number of nitro benzene ring substituents is 1. The number of benzene rings is 1. The van der Waals surface area contributed by atoms with Crippen molar-refractivity contribution < 1.29 is 18.1 Å². The molecule has 0 bridgehead atoms. The highest BCUT2D eigenvalue weighted by molar-refractivity contribution is 7.90. The van der Waals surface area contributed by atoms with Crippen LogP contribution in [0.25, 0.3) is 0 Å². The number of sulfonamides is 1. The Morgan fingerprint density at radius 3 is 2.59 bits per heavy atom. The zero-order valence-electron chi connectivity index (χ0n) is 11.2. The van der Waals surface area contributed by atoms with Gasteiger partial charge in [-0.05, 0) is 30.7 Å². The van der Waals surface area contributed by atoms with Crippen molar-refractivity contribution in [2.45, 2.75) is 11.8 Å². The van der Waals surface area contributed by atoms with Gasteiger partial charge in [0.25, 0.3) is 15.7 Å². The van der Waals surface area contributed by atoms with Crippen molar-refractivity contribution in [3.63, 3.8) is 0 Å². The molecule has 0 unspecified atom stereocenters. The lowest BCUT2D eigenvalue weighted by Crippen LogP contribution is -2.11. The number of carbonyl (C=O) groups is 1. The number of carbonyl (C=O) groups excluding carboxylic acids is 1. The van der Waals surface area contributed by atoms with Gasteiger partial charge in [0.15, 0.2) is 5.78 Å².